The van der Waals surface area contributed by atoms with Gasteiger partial charge in [0.15, 0.2) is 0 Å². The van der Waals surface area contributed by atoms with Crippen LogP contribution in [0.1, 0.15) is 43.1 Å². The van der Waals surface area contributed by atoms with Crippen molar-refractivity contribution in [2.45, 2.75) is 51.8 Å². The maximum Gasteiger partial charge on any atom is 0.251 e. The number of benzene rings is 1. The van der Waals surface area contributed by atoms with Crippen molar-refractivity contribution in [2.75, 3.05) is 0 Å². The smallest absolute Gasteiger partial charge is 0.251 e. The lowest BCUT2D eigenvalue weighted by atomic mass is 9.98. The summed E-state index contributed by atoms with van der Waals surface area (Å²) in [5.41, 5.74) is 1.09. The van der Waals surface area contributed by atoms with E-state index in [4.69, 9.17) is 0 Å². The van der Waals surface area contributed by atoms with Gasteiger partial charge in [-0.2, -0.15) is 5.10 Å². The van der Waals surface area contributed by atoms with Gasteiger partial charge in [-0.1, -0.05) is 12.1 Å². The van der Waals surface area contributed by atoms with Crippen molar-refractivity contribution in [3.05, 3.63) is 53.9 Å². The van der Waals surface area contributed by atoms with Gasteiger partial charge in [0.05, 0.1) is 12.1 Å². The molecule has 124 valence electrons. The zero-order chi connectivity index (χ0) is 16.9. The fourth-order valence-corrected chi connectivity index (χ4v) is 2.31. The average Bonchev–Trinajstić information content (AvgIpc) is 2.97. The van der Waals surface area contributed by atoms with Crippen LogP contribution in [0.25, 0.3) is 0 Å². The first-order chi connectivity index (χ1) is 10.8. The molecule has 5 heteroatoms. The third-order valence-electron chi connectivity index (χ3n) is 3.64. The number of aromatic nitrogens is 2. The van der Waals surface area contributed by atoms with E-state index in [2.05, 4.69) is 10.4 Å². The third-order valence-corrected chi connectivity index (χ3v) is 3.64. The first-order valence-electron chi connectivity index (χ1n) is 7.93. The van der Waals surface area contributed by atoms with Gasteiger partial charge in [0.1, 0.15) is 0 Å². The van der Waals surface area contributed by atoms with Gasteiger partial charge in [-0.15, -0.1) is 0 Å². The van der Waals surface area contributed by atoms with Crippen molar-refractivity contribution in [3.63, 3.8) is 0 Å². The molecule has 1 atom stereocenters. The van der Waals surface area contributed by atoms with Crippen LogP contribution in [0, 0.1) is 0 Å². The van der Waals surface area contributed by atoms with Crippen molar-refractivity contribution >= 4 is 5.91 Å². The molecule has 1 aromatic carbocycles. The van der Waals surface area contributed by atoms with Gasteiger partial charge in [0, 0.05) is 24.0 Å². The Hall–Kier alpha value is -2.14. The summed E-state index contributed by atoms with van der Waals surface area (Å²) in [6, 6.07) is 9.40. The fourth-order valence-electron chi connectivity index (χ4n) is 2.31. The molecule has 0 aliphatic carbocycles. The van der Waals surface area contributed by atoms with Gasteiger partial charge >= 0.3 is 0 Å². The molecule has 2 rings (SSSR count). The number of aryl methyl sites for hydroxylation is 1. The molecule has 0 saturated heterocycles. The van der Waals surface area contributed by atoms with Crippen LogP contribution in [0.5, 0.6) is 0 Å². The minimum Gasteiger partial charge on any atom is -0.390 e. The summed E-state index contributed by atoms with van der Waals surface area (Å²) >= 11 is 0. The van der Waals surface area contributed by atoms with Crippen LogP contribution < -0.4 is 5.32 Å². The van der Waals surface area contributed by atoms with Crippen molar-refractivity contribution in [1.82, 2.24) is 15.1 Å². The van der Waals surface area contributed by atoms with Crippen molar-refractivity contribution in [2.24, 2.45) is 0 Å². The lowest BCUT2D eigenvalue weighted by Gasteiger charge is -2.17. The van der Waals surface area contributed by atoms with Gasteiger partial charge in [0.2, 0.25) is 0 Å². The molecule has 2 N–H and O–H groups in total. The lowest BCUT2D eigenvalue weighted by Crippen LogP contribution is -2.35. The van der Waals surface area contributed by atoms with Crippen LogP contribution in [0.2, 0.25) is 0 Å². The quantitative estimate of drug-likeness (QED) is 0.824. The van der Waals surface area contributed by atoms with E-state index in [1.165, 1.54) is 0 Å². The Morgan fingerprint density at radius 1 is 1.35 bits per heavy atom. The molecule has 5 nitrogen and oxygen atoms in total. The lowest BCUT2D eigenvalue weighted by molar-refractivity contribution is 0.0713. The predicted molar refractivity (Wildman–Crippen MR) is 90.2 cm³/mol. The largest absolute Gasteiger partial charge is 0.390 e. The van der Waals surface area contributed by atoms with E-state index in [-0.39, 0.29) is 11.9 Å². The number of nitrogens with zero attached hydrogens (tertiary/aromatic N) is 2. The maximum absolute atomic E-state index is 12.2. The van der Waals surface area contributed by atoms with Crippen LogP contribution in [-0.4, -0.2) is 32.4 Å². The standard InChI is InChI=1S/C18H25N3O2/c1-14(13-21-12-4-11-19-21)20-17(22)16-7-5-15(6-8-16)9-10-18(2,3)23/h4-8,11-12,14,23H,9-10,13H2,1-3H3,(H,20,22). The molecule has 1 heterocycles. The van der Waals surface area contributed by atoms with Gasteiger partial charge in [0.25, 0.3) is 5.91 Å². The summed E-state index contributed by atoms with van der Waals surface area (Å²) in [5, 5.41) is 16.9. The number of rotatable bonds is 7. The van der Waals surface area contributed by atoms with E-state index in [1.807, 2.05) is 43.5 Å². The summed E-state index contributed by atoms with van der Waals surface area (Å²) < 4.78 is 1.80. The number of amides is 1. The Kier molecular flexibility index (Phi) is 5.55. The minimum absolute atomic E-state index is 0.00253. The number of nitrogens with one attached hydrogen (secondary N) is 1. The highest BCUT2D eigenvalue weighted by molar-refractivity contribution is 5.94. The number of carbonyl (C=O) groups excluding carboxylic acids is 1. The first kappa shape index (κ1) is 17.2. The van der Waals surface area contributed by atoms with E-state index in [0.717, 1.165) is 12.0 Å². The maximum atomic E-state index is 12.2. The average molecular weight is 315 g/mol. The van der Waals surface area contributed by atoms with E-state index < -0.39 is 5.60 Å². The van der Waals surface area contributed by atoms with E-state index in [9.17, 15) is 9.90 Å². The van der Waals surface area contributed by atoms with Crippen LogP contribution in [-0.2, 0) is 13.0 Å². The number of aliphatic hydroxyl groups is 1. The molecule has 1 aromatic heterocycles. The molecule has 0 aliphatic heterocycles. The predicted octanol–water partition coefficient (Wildman–Crippen LogP) is 2.41. The van der Waals surface area contributed by atoms with Crippen LogP contribution >= 0.6 is 0 Å². The summed E-state index contributed by atoms with van der Waals surface area (Å²) in [5.74, 6) is -0.0845. The highest BCUT2D eigenvalue weighted by atomic mass is 16.3. The molecule has 0 bridgehead atoms. The summed E-state index contributed by atoms with van der Waals surface area (Å²) in [6.45, 7) is 6.20. The Bertz CT molecular complexity index is 613. The normalized spacial score (nSPS) is 12.9. The second-order valence-corrected chi connectivity index (χ2v) is 6.61. The zero-order valence-electron chi connectivity index (χ0n) is 14.0. The molecule has 0 fully saturated rings. The van der Waals surface area contributed by atoms with E-state index in [1.54, 1.807) is 24.7 Å². The number of carbonyl (C=O) groups is 1. The molecule has 0 aliphatic rings. The highest BCUT2D eigenvalue weighted by Gasteiger charge is 2.13. The molecule has 2 aromatic rings. The van der Waals surface area contributed by atoms with Gasteiger partial charge in [-0.3, -0.25) is 9.48 Å². The van der Waals surface area contributed by atoms with Crippen molar-refractivity contribution in [1.29, 1.82) is 0 Å². The Balaban J connectivity index is 1.87. The Labute approximate surface area is 137 Å². The van der Waals surface area contributed by atoms with Crippen LogP contribution in [0.15, 0.2) is 42.7 Å². The molecule has 1 unspecified atom stereocenters. The summed E-state index contributed by atoms with van der Waals surface area (Å²) in [4.78, 5) is 12.2. The molecular weight excluding hydrogens is 290 g/mol. The molecule has 0 radical (unpaired) electrons. The second-order valence-electron chi connectivity index (χ2n) is 6.61. The van der Waals surface area contributed by atoms with Crippen LogP contribution in [0.3, 0.4) is 0 Å². The molecule has 0 spiro atoms. The molecule has 0 saturated carbocycles. The topological polar surface area (TPSA) is 67.2 Å². The minimum atomic E-state index is -0.669. The van der Waals surface area contributed by atoms with Crippen LogP contribution in [0.4, 0.5) is 0 Å². The number of hydrogen-bond donors (Lipinski definition) is 2. The van der Waals surface area contributed by atoms with Gasteiger partial charge in [-0.05, 0) is 57.4 Å². The first-order valence-corrected chi connectivity index (χ1v) is 7.93. The zero-order valence-corrected chi connectivity index (χ0v) is 14.0. The number of hydrogen-bond acceptors (Lipinski definition) is 3. The van der Waals surface area contributed by atoms with Gasteiger partial charge < -0.3 is 10.4 Å². The van der Waals surface area contributed by atoms with Crippen molar-refractivity contribution in [3.8, 4) is 0 Å². The Morgan fingerprint density at radius 2 is 2.04 bits per heavy atom. The monoisotopic (exact) mass is 315 g/mol. The van der Waals surface area contributed by atoms with Gasteiger partial charge in [-0.25, -0.2) is 0 Å². The van der Waals surface area contributed by atoms with Crippen molar-refractivity contribution < 1.29 is 9.90 Å². The highest BCUT2D eigenvalue weighted by Crippen LogP contribution is 2.14. The molecule has 1 amide bonds. The third kappa shape index (κ3) is 5.87. The second kappa shape index (κ2) is 7.42. The van der Waals surface area contributed by atoms with E-state index in [0.29, 0.717) is 18.5 Å². The fraction of sp³-hybridized carbons (Fsp3) is 0.444. The SMILES string of the molecule is CC(Cn1cccn1)NC(=O)c1ccc(CCC(C)(C)O)cc1. The van der Waals surface area contributed by atoms with E-state index >= 15 is 0 Å². The Morgan fingerprint density at radius 3 is 2.61 bits per heavy atom. The molecular formula is C18H25N3O2. The summed E-state index contributed by atoms with van der Waals surface area (Å²) in [7, 11) is 0. The summed E-state index contributed by atoms with van der Waals surface area (Å²) in [6.07, 6.45) is 5.08. The molecule has 23 heavy (non-hydrogen) atoms.